The van der Waals surface area contributed by atoms with Crippen molar-refractivity contribution >= 4 is 21.6 Å². The summed E-state index contributed by atoms with van der Waals surface area (Å²) in [5.41, 5.74) is 0.115. The van der Waals surface area contributed by atoms with Crippen molar-refractivity contribution in [2.75, 3.05) is 6.54 Å². The fourth-order valence-electron chi connectivity index (χ4n) is 2.01. The van der Waals surface area contributed by atoms with Gasteiger partial charge in [0.1, 0.15) is 5.82 Å². The molecule has 0 aliphatic carbocycles. The fourth-order valence-corrected chi connectivity index (χ4v) is 4.24. The zero-order chi connectivity index (χ0) is 18.0. The van der Waals surface area contributed by atoms with Crippen LogP contribution >= 0.6 is 11.8 Å². The predicted octanol–water partition coefficient (Wildman–Crippen LogP) is 2.24. The molecule has 0 spiro atoms. The van der Waals surface area contributed by atoms with Gasteiger partial charge in [0.2, 0.25) is 0 Å². The summed E-state index contributed by atoms with van der Waals surface area (Å²) >= 11 is 0.824. The van der Waals surface area contributed by atoms with Crippen molar-refractivity contribution in [3.63, 3.8) is 0 Å². The topological polar surface area (TPSA) is 90.9 Å². The minimum absolute atomic E-state index is 0.0591. The molecule has 2 aromatic rings. The Kier molecular flexibility index (Phi) is 5.56. The molecule has 1 heterocycles. The summed E-state index contributed by atoms with van der Waals surface area (Å²) in [6.45, 7) is 2.66. The second-order valence-electron chi connectivity index (χ2n) is 4.68. The average Bonchev–Trinajstić information content (AvgIpc) is 2.88. The summed E-state index contributed by atoms with van der Waals surface area (Å²) in [6, 6.07) is 4.94. The molecule has 0 fully saturated rings. The Bertz CT molecular complexity index is 819. The van der Waals surface area contributed by atoms with Gasteiger partial charge < -0.3 is 10.3 Å². The number of aromatic nitrogens is 3. The Morgan fingerprint density at radius 2 is 1.92 bits per heavy atom. The number of nitrogens with two attached hydrogens (primary N) is 1. The molecule has 0 radical (unpaired) electrons. The van der Waals surface area contributed by atoms with Gasteiger partial charge in [-0.2, -0.15) is 13.2 Å². The molecule has 6 nitrogen and oxygen atoms in total. The van der Waals surface area contributed by atoms with E-state index in [2.05, 4.69) is 10.2 Å². The second kappa shape index (κ2) is 7.11. The van der Waals surface area contributed by atoms with Gasteiger partial charge >= 0.3 is 5.51 Å². The van der Waals surface area contributed by atoms with Gasteiger partial charge in [0.05, 0.1) is 4.90 Å². The smallest absolute Gasteiger partial charge is 0.330 e. The van der Waals surface area contributed by atoms with Crippen molar-refractivity contribution in [2.45, 2.75) is 40.3 Å². The van der Waals surface area contributed by atoms with Gasteiger partial charge in [0.25, 0.3) is 9.84 Å². The molecule has 2 N–H and O–H groups in total. The molecule has 0 amide bonds. The maximum atomic E-state index is 12.8. The Hall–Kier alpha value is -1.59. The number of hydrogen-bond donors (Lipinski definition) is 1. The van der Waals surface area contributed by atoms with Crippen LogP contribution in [0.15, 0.2) is 39.2 Å². The van der Waals surface area contributed by atoms with Gasteiger partial charge in [-0.3, -0.25) is 0 Å². The minimum atomic E-state index is -5.45. The lowest BCUT2D eigenvalue weighted by Crippen LogP contribution is -2.23. The average molecular weight is 380 g/mol. The van der Waals surface area contributed by atoms with Crippen LogP contribution in [0.4, 0.5) is 13.2 Å². The predicted molar refractivity (Wildman–Crippen MR) is 82.3 cm³/mol. The molecule has 1 aromatic carbocycles. The van der Waals surface area contributed by atoms with Gasteiger partial charge in [0, 0.05) is 17.9 Å². The monoisotopic (exact) mass is 380 g/mol. The first-order valence-corrected chi connectivity index (χ1v) is 9.22. The largest absolute Gasteiger partial charge is 0.501 e. The highest BCUT2D eigenvalue weighted by Gasteiger charge is 2.48. The van der Waals surface area contributed by atoms with Crippen LogP contribution in [0.1, 0.15) is 12.7 Å². The zero-order valence-electron chi connectivity index (χ0n) is 12.6. The molecule has 2 rings (SSSR count). The van der Waals surface area contributed by atoms with E-state index in [9.17, 15) is 21.6 Å². The highest BCUT2D eigenvalue weighted by Crippen LogP contribution is 2.38. The van der Waals surface area contributed by atoms with Crippen LogP contribution in [0.3, 0.4) is 0 Å². The molecule has 0 aliphatic heterocycles. The van der Waals surface area contributed by atoms with Gasteiger partial charge in [-0.25, -0.2) is 8.42 Å². The molecule has 0 atom stereocenters. The number of halogens is 3. The summed E-state index contributed by atoms with van der Waals surface area (Å²) in [6.07, 6.45) is 0.462. The molecular formula is C13H15F3N4O2S2. The van der Waals surface area contributed by atoms with Crippen molar-refractivity contribution < 1.29 is 21.6 Å². The van der Waals surface area contributed by atoms with Crippen molar-refractivity contribution in [1.82, 2.24) is 14.8 Å². The van der Waals surface area contributed by atoms with Crippen molar-refractivity contribution in [2.24, 2.45) is 5.73 Å². The van der Waals surface area contributed by atoms with E-state index in [1.54, 1.807) is 4.57 Å². The highest BCUT2D eigenvalue weighted by atomic mass is 32.2. The molecule has 24 heavy (non-hydrogen) atoms. The van der Waals surface area contributed by atoms with E-state index < -0.39 is 20.2 Å². The van der Waals surface area contributed by atoms with E-state index in [0.29, 0.717) is 30.5 Å². The van der Waals surface area contributed by atoms with E-state index >= 15 is 0 Å². The van der Waals surface area contributed by atoms with Gasteiger partial charge in [-0.05, 0) is 37.4 Å². The van der Waals surface area contributed by atoms with Gasteiger partial charge in [0.15, 0.2) is 5.16 Å². The Morgan fingerprint density at radius 1 is 1.25 bits per heavy atom. The maximum absolute atomic E-state index is 12.8. The summed E-state index contributed by atoms with van der Waals surface area (Å²) in [7, 11) is -5.45. The zero-order valence-corrected chi connectivity index (χ0v) is 14.2. The van der Waals surface area contributed by atoms with Crippen LogP contribution < -0.4 is 5.73 Å². The molecule has 0 bridgehead atoms. The molecule has 0 saturated heterocycles. The third-order valence-corrected chi connectivity index (χ3v) is 5.86. The fraction of sp³-hybridized carbons (Fsp3) is 0.385. The number of rotatable bonds is 6. The first kappa shape index (κ1) is 18.7. The molecule has 0 saturated carbocycles. The molecule has 0 aliphatic rings. The third-order valence-electron chi connectivity index (χ3n) is 3.12. The second-order valence-corrected chi connectivity index (χ2v) is 7.60. The lowest BCUT2D eigenvalue weighted by molar-refractivity contribution is -0.0437. The highest BCUT2D eigenvalue weighted by molar-refractivity contribution is 8.00. The standard InChI is InChI=1S/C13H15F3N4O2S2/c1-2-20-11(7-8-17)18-19-12(20)23-9-5-3-4-6-10(9)24(21,22)13(14,15)16/h3-6H,2,7-8,17H2,1H3. The maximum Gasteiger partial charge on any atom is 0.501 e. The lowest BCUT2D eigenvalue weighted by atomic mass is 10.4. The van der Waals surface area contributed by atoms with E-state index in [1.807, 2.05) is 6.92 Å². The van der Waals surface area contributed by atoms with Crippen LogP contribution in [0.25, 0.3) is 0 Å². The van der Waals surface area contributed by atoms with Crippen LogP contribution in [0.5, 0.6) is 0 Å². The molecule has 11 heteroatoms. The quantitative estimate of drug-likeness (QED) is 0.827. The van der Waals surface area contributed by atoms with Crippen LogP contribution in [0.2, 0.25) is 0 Å². The first-order chi connectivity index (χ1) is 11.2. The van der Waals surface area contributed by atoms with Crippen molar-refractivity contribution in [3.8, 4) is 0 Å². The first-order valence-electron chi connectivity index (χ1n) is 6.92. The van der Waals surface area contributed by atoms with Crippen molar-refractivity contribution in [3.05, 3.63) is 30.1 Å². The minimum Gasteiger partial charge on any atom is -0.330 e. The number of sulfone groups is 1. The van der Waals surface area contributed by atoms with Crippen LogP contribution in [0, 0.1) is 0 Å². The van der Waals surface area contributed by atoms with Crippen molar-refractivity contribution in [1.29, 1.82) is 0 Å². The summed E-state index contributed by atoms with van der Waals surface area (Å²) in [5.74, 6) is 0.596. The van der Waals surface area contributed by atoms with Gasteiger partial charge in [-0.15, -0.1) is 10.2 Å². The van der Waals surface area contributed by atoms with Crippen LogP contribution in [-0.2, 0) is 22.8 Å². The number of alkyl halides is 3. The Balaban J connectivity index is 2.46. The molecule has 0 unspecified atom stereocenters. The Labute approximate surface area is 141 Å². The summed E-state index contributed by atoms with van der Waals surface area (Å²) < 4.78 is 63.7. The number of nitrogens with zero attached hydrogens (tertiary/aromatic N) is 3. The van der Waals surface area contributed by atoms with E-state index in [-0.39, 0.29) is 4.90 Å². The van der Waals surface area contributed by atoms with E-state index in [4.69, 9.17) is 5.73 Å². The number of hydrogen-bond acceptors (Lipinski definition) is 6. The number of benzene rings is 1. The third kappa shape index (κ3) is 3.57. The van der Waals surface area contributed by atoms with E-state index in [0.717, 1.165) is 17.8 Å². The normalized spacial score (nSPS) is 12.5. The SMILES string of the molecule is CCn1c(CCN)nnc1Sc1ccccc1S(=O)(=O)C(F)(F)F. The summed E-state index contributed by atoms with van der Waals surface area (Å²) in [5, 5.41) is 8.20. The lowest BCUT2D eigenvalue weighted by Gasteiger charge is -2.12. The Morgan fingerprint density at radius 3 is 2.50 bits per heavy atom. The molecule has 132 valence electrons. The van der Waals surface area contributed by atoms with E-state index in [1.165, 1.54) is 18.2 Å². The van der Waals surface area contributed by atoms with Crippen LogP contribution in [-0.4, -0.2) is 35.2 Å². The molecular weight excluding hydrogens is 365 g/mol. The van der Waals surface area contributed by atoms with Gasteiger partial charge in [-0.1, -0.05) is 12.1 Å². The molecule has 1 aromatic heterocycles. The summed E-state index contributed by atoms with van der Waals surface area (Å²) in [4.78, 5) is -0.857.